The smallest absolute Gasteiger partial charge is 0.329 e. The van der Waals surface area contributed by atoms with Crippen molar-refractivity contribution in [3.8, 4) is 0 Å². The van der Waals surface area contributed by atoms with E-state index in [1.165, 1.54) is 64.2 Å². The summed E-state index contributed by atoms with van der Waals surface area (Å²) in [6, 6.07) is 0. The summed E-state index contributed by atoms with van der Waals surface area (Å²) in [5, 5.41) is 8.61. The van der Waals surface area contributed by atoms with Crippen molar-refractivity contribution in [3.63, 3.8) is 0 Å². The molecule has 4 nitrogen and oxygen atoms in total. The van der Waals surface area contributed by atoms with Crippen LogP contribution in [-0.4, -0.2) is 29.8 Å². The Bertz CT molecular complexity index is 205. The lowest BCUT2D eigenvalue weighted by Gasteiger charge is -2.10. The van der Waals surface area contributed by atoms with Gasteiger partial charge in [-0.3, -0.25) is 0 Å². The second-order valence-corrected chi connectivity index (χ2v) is 6.86. The maximum atomic E-state index is 9.47. The van der Waals surface area contributed by atoms with Crippen LogP contribution in [0.1, 0.15) is 90.4 Å². The van der Waals surface area contributed by atoms with Crippen LogP contribution in [0.2, 0.25) is 0 Å². The van der Waals surface area contributed by atoms with Gasteiger partial charge in [-0.1, -0.05) is 71.1 Å². The minimum atomic E-state index is -1.72. The number of hydrogen-bond donors (Lipinski definition) is 2. The molecule has 0 aliphatic heterocycles. The van der Waals surface area contributed by atoms with E-state index in [2.05, 4.69) is 6.92 Å². The fourth-order valence-electron chi connectivity index (χ4n) is 2.30. The van der Waals surface area contributed by atoms with Crippen molar-refractivity contribution in [3.05, 3.63) is 0 Å². The molecule has 5 heteroatoms. The zero-order valence-electron chi connectivity index (χ0n) is 14.5. The first-order valence-corrected chi connectivity index (χ1v) is 10.3. The van der Waals surface area contributed by atoms with Gasteiger partial charge in [0.1, 0.15) is 0 Å². The summed E-state index contributed by atoms with van der Waals surface area (Å²) in [6.07, 6.45) is 15.9. The summed E-state index contributed by atoms with van der Waals surface area (Å²) in [5.41, 5.74) is 0. The predicted octanol–water partition coefficient (Wildman–Crippen LogP) is 5.32. The summed E-state index contributed by atoms with van der Waals surface area (Å²) < 4.78 is 10.4. The van der Waals surface area contributed by atoms with Crippen molar-refractivity contribution < 1.29 is 19.0 Å². The number of unbranched alkanes of at least 4 members (excludes halogenated alkanes) is 11. The summed E-state index contributed by atoms with van der Waals surface area (Å²) in [6.45, 7) is 3.47. The van der Waals surface area contributed by atoms with Gasteiger partial charge in [0.05, 0.1) is 13.2 Å². The summed E-state index contributed by atoms with van der Waals surface area (Å²) >= 11 is 0. The molecule has 0 fully saturated rings. The van der Waals surface area contributed by atoms with Gasteiger partial charge in [-0.15, -0.1) is 0 Å². The van der Waals surface area contributed by atoms with Crippen molar-refractivity contribution in [2.75, 3.05) is 19.8 Å². The van der Waals surface area contributed by atoms with Gasteiger partial charge in [0.25, 0.3) is 0 Å². The molecule has 0 aliphatic carbocycles. The van der Waals surface area contributed by atoms with E-state index in [1.807, 2.05) is 0 Å². The lowest BCUT2D eigenvalue weighted by molar-refractivity contribution is 0.188. The van der Waals surface area contributed by atoms with Crippen molar-refractivity contribution in [2.45, 2.75) is 90.4 Å². The number of aliphatic hydroxyl groups is 1. The zero-order chi connectivity index (χ0) is 16.3. The van der Waals surface area contributed by atoms with Gasteiger partial charge in [-0.25, -0.2) is 0 Å². The quantitative estimate of drug-likeness (QED) is 0.263. The molecule has 0 amide bonds. The van der Waals surface area contributed by atoms with Gasteiger partial charge >= 0.3 is 8.60 Å². The van der Waals surface area contributed by atoms with Crippen LogP contribution in [0.5, 0.6) is 0 Å². The zero-order valence-corrected chi connectivity index (χ0v) is 15.4. The average Bonchev–Trinajstić information content (AvgIpc) is 2.52. The Kier molecular flexibility index (Phi) is 19.6. The Hall–Kier alpha value is 0.270. The van der Waals surface area contributed by atoms with Crippen LogP contribution in [0.25, 0.3) is 0 Å². The van der Waals surface area contributed by atoms with Crippen molar-refractivity contribution in [1.82, 2.24) is 0 Å². The van der Waals surface area contributed by atoms with Gasteiger partial charge in [-0.2, -0.15) is 0 Å². The number of rotatable bonds is 18. The van der Waals surface area contributed by atoms with Crippen molar-refractivity contribution in [2.24, 2.45) is 0 Å². The lowest BCUT2D eigenvalue weighted by Crippen LogP contribution is -1.96. The molecule has 0 aromatic rings. The first kappa shape index (κ1) is 22.3. The van der Waals surface area contributed by atoms with Gasteiger partial charge in [0.15, 0.2) is 0 Å². The fourth-order valence-corrected chi connectivity index (χ4v) is 2.95. The van der Waals surface area contributed by atoms with E-state index in [4.69, 9.17) is 14.2 Å². The Balaban J connectivity index is 3.07. The number of hydrogen-bond acceptors (Lipinski definition) is 4. The SMILES string of the molecule is CCCCCCCCCCCCCOP(O)OCCCCO. The van der Waals surface area contributed by atoms with E-state index in [1.54, 1.807) is 0 Å². The lowest BCUT2D eigenvalue weighted by atomic mass is 10.1. The van der Waals surface area contributed by atoms with E-state index in [0.29, 0.717) is 19.6 Å². The number of aliphatic hydroxyl groups excluding tert-OH is 1. The molecule has 0 spiro atoms. The molecule has 0 saturated carbocycles. The first-order chi connectivity index (χ1) is 10.8. The minimum absolute atomic E-state index is 0.173. The normalized spacial score (nSPS) is 12.7. The molecule has 1 unspecified atom stereocenters. The molecule has 134 valence electrons. The van der Waals surface area contributed by atoms with Crippen LogP contribution < -0.4 is 0 Å². The van der Waals surface area contributed by atoms with Crippen molar-refractivity contribution >= 4 is 8.60 Å². The van der Waals surface area contributed by atoms with E-state index in [9.17, 15) is 4.89 Å². The van der Waals surface area contributed by atoms with Crippen LogP contribution in [0.15, 0.2) is 0 Å². The Morgan fingerprint density at radius 1 is 0.636 bits per heavy atom. The molecule has 0 rings (SSSR count). The van der Waals surface area contributed by atoms with Gasteiger partial charge in [0, 0.05) is 6.61 Å². The molecular weight excluding hydrogens is 299 g/mol. The first-order valence-electron chi connectivity index (χ1n) is 9.17. The molecule has 22 heavy (non-hydrogen) atoms. The summed E-state index contributed by atoms with van der Waals surface area (Å²) in [5.74, 6) is 0. The maximum Gasteiger partial charge on any atom is 0.329 e. The van der Waals surface area contributed by atoms with E-state index >= 15 is 0 Å². The standard InChI is InChI=1S/C17H37O4P/c1-2-3-4-5-6-7-8-9-10-11-13-16-20-22(19)21-17-14-12-15-18/h18-19H,2-17H2,1H3. The third-order valence-electron chi connectivity index (χ3n) is 3.70. The topological polar surface area (TPSA) is 58.9 Å². The molecular formula is C17H37O4P. The Labute approximate surface area is 138 Å². The van der Waals surface area contributed by atoms with Crippen LogP contribution in [0.4, 0.5) is 0 Å². The van der Waals surface area contributed by atoms with Crippen LogP contribution in [0, 0.1) is 0 Å². The van der Waals surface area contributed by atoms with Gasteiger partial charge in [0.2, 0.25) is 0 Å². The summed E-state index contributed by atoms with van der Waals surface area (Å²) in [4.78, 5) is 9.47. The molecule has 0 aromatic heterocycles. The van der Waals surface area contributed by atoms with Crippen LogP contribution >= 0.6 is 8.60 Å². The Morgan fingerprint density at radius 3 is 1.50 bits per heavy atom. The van der Waals surface area contributed by atoms with Crippen molar-refractivity contribution in [1.29, 1.82) is 0 Å². The molecule has 0 radical (unpaired) electrons. The predicted molar refractivity (Wildman–Crippen MR) is 93.8 cm³/mol. The van der Waals surface area contributed by atoms with Gasteiger partial charge < -0.3 is 19.0 Å². The molecule has 0 bridgehead atoms. The molecule has 0 aliphatic rings. The van der Waals surface area contributed by atoms with Crippen LogP contribution in [-0.2, 0) is 9.05 Å². The van der Waals surface area contributed by atoms with Gasteiger partial charge in [-0.05, 0) is 19.3 Å². The maximum absolute atomic E-state index is 9.47. The van der Waals surface area contributed by atoms with Crippen LogP contribution in [0.3, 0.4) is 0 Å². The monoisotopic (exact) mass is 336 g/mol. The third kappa shape index (κ3) is 18.3. The Morgan fingerprint density at radius 2 is 1.05 bits per heavy atom. The molecule has 0 heterocycles. The second-order valence-electron chi connectivity index (χ2n) is 5.87. The highest BCUT2D eigenvalue weighted by molar-refractivity contribution is 7.40. The fraction of sp³-hybridized carbons (Fsp3) is 1.00. The molecule has 0 saturated heterocycles. The van der Waals surface area contributed by atoms with E-state index < -0.39 is 8.60 Å². The largest absolute Gasteiger partial charge is 0.396 e. The summed E-state index contributed by atoms with van der Waals surface area (Å²) in [7, 11) is -1.72. The third-order valence-corrected chi connectivity index (χ3v) is 4.51. The van der Waals surface area contributed by atoms with E-state index in [-0.39, 0.29) is 6.61 Å². The van der Waals surface area contributed by atoms with E-state index in [0.717, 1.165) is 12.8 Å². The molecule has 0 aromatic carbocycles. The second kappa shape index (κ2) is 19.3. The molecule has 1 atom stereocenters. The highest BCUT2D eigenvalue weighted by Gasteiger charge is 2.05. The molecule has 2 N–H and O–H groups in total. The highest BCUT2D eigenvalue weighted by Crippen LogP contribution is 2.33. The average molecular weight is 336 g/mol. The minimum Gasteiger partial charge on any atom is -0.396 e. The highest BCUT2D eigenvalue weighted by atomic mass is 31.2.